The Morgan fingerprint density at radius 2 is 1.88 bits per heavy atom. The number of anilines is 1. The van der Waals surface area contributed by atoms with Crippen molar-refractivity contribution in [3.63, 3.8) is 0 Å². The molecule has 0 radical (unpaired) electrons. The van der Waals surface area contributed by atoms with Crippen molar-refractivity contribution in [1.29, 1.82) is 0 Å². The summed E-state index contributed by atoms with van der Waals surface area (Å²) in [5, 5.41) is 0. The van der Waals surface area contributed by atoms with Crippen molar-refractivity contribution in [3.8, 4) is 5.75 Å². The average molecular weight is 326 g/mol. The molecule has 0 aliphatic rings. The Kier molecular flexibility index (Phi) is 6.38. The summed E-state index contributed by atoms with van der Waals surface area (Å²) in [6.45, 7) is 5.22. The van der Waals surface area contributed by atoms with Crippen LogP contribution in [-0.4, -0.2) is 30.4 Å². The standard InChI is InChI=1S/C20H26N2O2/c1-4-18(22(3)14-15-9-7-6-8-10-15)20(23)16-11-12-19(24-5-2)17(21)13-16/h6-13,18H,4-5,14,21H2,1-3H3. The van der Waals surface area contributed by atoms with Crippen molar-refractivity contribution in [3.05, 3.63) is 59.7 Å². The number of hydrogen-bond donors (Lipinski definition) is 1. The molecule has 1 atom stereocenters. The molecular formula is C20H26N2O2. The lowest BCUT2D eigenvalue weighted by Crippen LogP contribution is -2.37. The first-order valence-corrected chi connectivity index (χ1v) is 8.37. The maximum atomic E-state index is 12.9. The highest BCUT2D eigenvalue weighted by Gasteiger charge is 2.23. The summed E-state index contributed by atoms with van der Waals surface area (Å²) < 4.78 is 5.44. The van der Waals surface area contributed by atoms with E-state index in [1.807, 2.05) is 39.1 Å². The number of carbonyl (C=O) groups is 1. The summed E-state index contributed by atoms with van der Waals surface area (Å²) in [6.07, 6.45) is 0.745. The molecule has 4 heteroatoms. The molecule has 0 amide bonds. The van der Waals surface area contributed by atoms with Crippen molar-refractivity contribution in [2.24, 2.45) is 0 Å². The van der Waals surface area contributed by atoms with Crippen LogP contribution in [0.2, 0.25) is 0 Å². The third-order valence-corrected chi connectivity index (χ3v) is 4.09. The minimum Gasteiger partial charge on any atom is -0.492 e. The van der Waals surface area contributed by atoms with Crippen LogP contribution in [0.5, 0.6) is 5.75 Å². The quantitative estimate of drug-likeness (QED) is 0.593. The molecule has 0 aromatic heterocycles. The lowest BCUT2D eigenvalue weighted by atomic mass is 9.99. The van der Waals surface area contributed by atoms with E-state index in [-0.39, 0.29) is 11.8 Å². The number of hydrogen-bond acceptors (Lipinski definition) is 4. The van der Waals surface area contributed by atoms with Gasteiger partial charge in [-0.3, -0.25) is 9.69 Å². The first-order valence-electron chi connectivity index (χ1n) is 8.37. The summed E-state index contributed by atoms with van der Waals surface area (Å²) in [5.74, 6) is 0.713. The van der Waals surface area contributed by atoms with Crippen LogP contribution in [0, 0.1) is 0 Å². The lowest BCUT2D eigenvalue weighted by molar-refractivity contribution is 0.0838. The van der Waals surface area contributed by atoms with Gasteiger partial charge < -0.3 is 10.5 Å². The fraction of sp³-hybridized carbons (Fsp3) is 0.350. The number of nitrogens with zero attached hydrogens (tertiary/aromatic N) is 1. The highest BCUT2D eigenvalue weighted by molar-refractivity contribution is 6.01. The van der Waals surface area contributed by atoms with E-state index in [2.05, 4.69) is 17.0 Å². The number of rotatable bonds is 8. The summed E-state index contributed by atoms with van der Waals surface area (Å²) in [6, 6.07) is 15.3. The van der Waals surface area contributed by atoms with Gasteiger partial charge in [0.2, 0.25) is 0 Å². The van der Waals surface area contributed by atoms with Crippen LogP contribution in [0.4, 0.5) is 5.69 Å². The predicted octanol–water partition coefficient (Wildman–Crippen LogP) is 3.76. The number of likely N-dealkylation sites (N-methyl/N-ethyl adjacent to an activating group) is 1. The Morgan fingerprint density at radius 1 is 1.17 bits per heavy atom. The molecule has 0 aliphatic carbocycles. The number of ketones is 1. The van der Waals surface area contributed by atoms with E-state index in [4.69, 9.17) is 10.5 Å². The van der Waals surface area contributed by atoms with E-state index in [9.17, 15) is 4.79 Å². The topological polar surface area (TPSA) is 55.6 Å². The van der Waals surface area contributed by atoms with Crippen molar-refractivity contribution >= 4 is 11.5 Å². The molecule has 0 saturated carbocycles. The lowest BCUT2D eigenvalue weighted by Gasteiger charge is -2.26. The Bertz CT molecular complexity index is 671. The van der Waals surface area contributed by atoms with Gasteiger partial charge in [0, 0.05) is 12.1 Å². The van der Waals surface area contributed by atoms with E-state index in [1.54, 1.807) is 18.2 Å². The fourth-order valence-electron chi connectivity index (χ4n) is 2.86. The zero-order valence-corrected chi connectivity index (χ0v) is 14.7. The molecule has 1 unspecified atom stereocenters. The zero-order chi connectivity index (χ0) is 17.5. The number of nitrogens with two attached hydrogens (primary N) is 1. The second kappa shape index (κ2) is 8.50. The number of carbonyl (C=O) groups excluding carboxylic acids is 1. The summed E-state index contributed by atoms with van der Waals surface area (Å²) in [7, 11) is 1.98. The molecule has 2 aromatic rings. The van der Waals surface area contributed by atoms with E-state index < -0.39 is 0 Å². The third kappa shape index (κ3) is 4.36. The van der Waals surface area contributed by atoms with E-state index in [1.165, 1.54) is 5.56 Å². The van der Waals surface area contributed by atoms with Gasteiger partial charge in [-0.05, 0) is 44.2 Å². The zero-order valence-electron chi connectivity index (χ0n) is 14.7. The molecular weight excluding hydrogens is 300 g/mol. The maximum absolute atomic E-state index is 12.9. The molecule has 24 heavy (non-hydrogen) atoms. The molecule has 128 valence electrons. The number of Topliss-reactive ketones (excluding diaryl/α,β-unsaturated/α-hetero) is 1. The molecule has 0 spiro atoms. The normalized spacial score (nSPS) is 12.2. The number of benzene rings is 2. The number of nitrogen functional groups attached to an aromatic ring is 1. The minimum atomic E-state index is -0.178. The molecule has 2 rings (SSSR count). The Morgan fingerprint density at radius 3 is 2.46 bits per heavy atom. The van der Waals surface area contributed by atoms with Crippen LogP contribution < -0.4 is 10.5 Å². The van der Waals surface area contributed by atoms with E-state index in [0.29, 0.717) is 23.6 Å². The number of ether oxygens (including phenoxy) is 1. The molecule has 2 aromatic carbocycles. The van der Waals surface area contributed by atoms with Crippen LogP contribution >= 0.6 is 0 Å². The highest BCUT2D eigenvalue weighted by atomic mass is 16.5. The molecule has 4 nitrogen and oxygen atoms in total. The second-order valence-electron chi connectivity index (χ2n) is 5.87. The van der Waals surface area contributed by atoms with Gasteiger partial charge in [-0.2, -0.15) is 0 Å². The molecule has 0 fully saturated rings. The van der Waals surface area contributed by atoms with Crippen LogP contribution in [0.25, 0.3) is 0 Å². The second-order valence-corrected chi connectivity index (χ2v) is 5.87. The summed E-state index contributed by atoms with van der Waals surface area (Å²) in [4.78, 5) is 15.0. The maximum Gasteiger partial charge on any atom is 0.180 e. The van der Waals surface area contributed by atoms with Crippen molar-refractivity contribution in [2.75, 3.05) is 19.4 Å². The van der Waals surface area contributed by atoms with Crippen LogP contribution in [-0.2, 0) is 6.54 Å². The van der Waals surface area contributed by atoms with Crippen molar-refractivity contribution < 1.29 is 9.53 Å². The summed E-state index contributed by atoms with van der Waals surface area (Å²) in [5.41, 5.74) is 8.32. The fourth-order valence-corrected chi connectivity index (χ4v) is 2.86. The van der Waals surface area contributed by atoms with Crippen LogP contribution in [0.15, 0.2) is 48.5 Å². The van der Waals surface area contributed by atoms with Crippen LogP contribution in [0.1, 0.15) is 36.2 Å². The molecule has 0 bridgehead atoms. The van der Waals surface area contributed by atoms with Crippen molar-refractivity contribution in [1.82, 2.24) is 4.90 Å². The van der Waals surface area contributed by atoms with Gasteiger partial charge in [0.25, 0.3) is 0 Å². The molecule has 0 heterocycles. The van der Waals surface area contributed by atoms with Crippen LogP contribution in [0.3, 0.4) is 0 Å². The van der Waals surface area contributed by atoms with Gasteiger partial charge in [0.05, 0.1) is 18.3 Å². The first-order chi connectivity index (χ1) is 11.6. The third-order valence-electron chi connectivity index (χ3n) is 4.09. The van der Waals surface area contributed by atoms with E-state index in [0.717, 1.165) is 13.0 Å². The van der Waals surface area contributed by atoms with Gasteiger partial charge in [0.1, 0.15) is 5.75 Å². The van der Waals surface area contributed by atoms with Gasteiger partial charge >= 0.3 is 0 Å². The van der Waals surface area contributed by atoms with Gasteiger partial charge in [-0.1, -0.05) is 37.3 Å². The Hall–Kier alpha value is -2.33. The first kappa shape index (κ1) is 18.0. The monoisotopic (exact) mass is 326 g/mol. The van der Waals surface area contributed by atoms with Gasteiger partial charge in [-0.15, -0.1) is 0 Å². The SMILES string of the molecule is CCOc1ccc(C(=O)C(CC)N(C)Cc2ccccc2)cc1N. The average Bonchev–Trinajstić information content (AvgIpc) is 2.58. The van der Waals surface area contributed by atoms with Gasteiger partial charge in [-0.25, -0.2) is 0 Å². The van der Waals surface area contributed by atoms with Gasteiger partial charge in [0.15, 0.2) is 5.78 Å². The summed E-state index contributed by atoms with van der Waals surface area (Å²) >= 11 is 0. The Balaban J connectivity index is 2.14. The largest absolute Gasteiger partial charge is 0.492 e. The van der Waals surface area contributed by atoms with E-state index >= 15 is 0 Å². The minimum absolute atomic E-state index is 0.0886. The molecule has 2 N–H and O–H groups in total. The Labute approximate surface area is 144 Å². The molecule has 0 aliphatic heterocycles. The highest BCUT2D eigenvalue weighted by Crippen LogP contribution is 2.24. The van der Waals surface area contributed by atoms with Crippen molar-refractivity contribution in [2.45, 2.75) is 32.9 Å². The molecule has 0 saturated heterocycles. The smallest absolute Gasteiger partial charge is 0.180 e. The predicted molar refractivity (Wildman–Crippen MR) is 98.3 cm³/mol.